The van der Waals surface area contributed by atoms with E-state index in [2.05, 4.69) is 17.5 Å². The molecule has 1 aliphatic heterocycles. The molecule has 2 aliphatic carbocycles. The van der Waals surface area contributed by atoms with E-state index in [-0.39, 0.29) is 47.4 Å². The lowest BCUT2D eigenvalue weighted by Crippen LogP contribution is -2.49. The predicted octanol–water partition coefficient (Wildman–Crippen LogP) is 2.06. The van der Waals surface area contributed by atoms with Crippen LogP contribution in [0, 0.1) is 23.7 Å². The molecular weight excluding hydrogens is 316 g/mol. The molecule has 4 rings (SSSR count). The fraction of sp³-hybridized carbons (Fsp3) is 0.450. The van der Waals surface area contributed by atoms with Gasteiger partial charge in [0.1, 0.15) is 6.04 Å². The lowest BCUT2D eigenvalue weighted by molar-refractivity contribution is -0.148. The van der Waals surface area contributed by atoms with E-state index < -0.39 is 6.04 Å². The van der Waals surface area contributed by atoms with Crippen LogP contribution in [-0.2, 0) is 14.4 Å². The third-order valence-corrected chi connectivity index (χ3v) is 5.93. The van der Waals surface area contributed by atoms with Crippen molar-refractivity contribution in [2.24, 2.45) is 23.7 Å². The summed E-state index contributed by atoms with van der Waals surface area (Å²) in [5.74, 6) is -0.847. The van der Waals surface area contributed by atoms with Gasteiger partial charge in [0.25, 0.3) is 0 Å². The Morgan fingerprint density at radius 3 is 2.16 bits per heavy atom. The molecule has 0 aromatic heterocycles. The SMILES string of the molecule is C[C@H](NC(=O)[C@H](C)N1C(=O)[C@H]2[C@H](C1=O)[C@H]1C=C[C@H]2C1)c1ccccc1. The molecule has 6 atom stereocenters. The average Bonchev–Trinajstić information content (AvgIpc) is 3.29. The minimum absolute atomic E-state index is 0.162. The Bertz CT molecular complexity index is 727. The Morgan fingerprint density at radius 2 is 1.60 bits per heavy atom. The number of carbonyl (C=O) groups is 3. The Kier molecular flexibility index (Phi) is 3.74. The minimum atomic E-state index is -0.781. The second-order valence-electron chi connectivity index (χ2n) is 7.36. The van der Waals surface area contributed by atoms with Gasteiger partial charge in [-0.2, -0.15) is 0 Å². The molecule has 1 saturated carbocycles. The molecule has 1 aromatic rings. The van der Waals surface area contributed by atoms with Crippen LogP contribution >= 0.6 is 0 Å². The highest BCUT2D eigenvalue weighted by molar-refractivity contribution is 6.09. The molecule has 130 valence electrons. The molecule has 1 saturated heterocycles. The molecule has 1 aromatic carbocycles. The number of hydrogen-bond donors (Lipinski definition) is 1. The van der Waals surface area contributed by atoms with E-state index in [1.54, 1.807) is 6.92 Å². The zero-order valence-electron chi connectivity index (χ0n) is 14.4. The van der Waals surface area contributed by atoms with E-state index in [0.717, 1.165) is 12.0 Å². The molecule has 1 N–H and O–H groups in total. The molecule has 25 heavy (non-hydrogen) atoms. The topological polar surface area (TPSA) is 66.5 Å². The van der Waals surface area contributed by atoms with Gasteiger partial charge in [-0.05, 0) is 37.7 Å². The van der Waals surface area contributed by atoms with E-state index in [1.807, 2.05) is 37.3 Å². The molecular formula is C20H22N2O3. The lowest BCUT2D eigenvalue weighted by atomic mass is 9.85. The summed E-state index contributed by atoms with van der Waals surface area (Å²) in [6, 6.07) is 8.67. The fourth-order valence-corrected chi connectivity index (χ4v) is 4.58. The average molecular weight is 338 g/mol. The number of imide groups is 1. The fourth-order valence-electron chi connectivity index (χ4n) is 4.58. The maximum absolute atomic E-state index is 12.8. The summed E-state index contributed by atoms with van der Waals surface area (Å²) in [7, 11) is 0. The summed E-state index contributed by atoms with van der Waals surface area (Å²) in [6.07, 6.45) is 5.01. The van der Waals surface area contributed by atoms with E-state index in [0.29, 0.717) is 0 Å². The molecule has 2 fully saturated rings. The van der Waals surface area contributed by atoms with Crippen molar-refractivity contribution >= 4 is 17.7 Å². The molecule has 3 aliphatic rings. The van der Waals surface area contributed by atoms with Gasteiger partial charge in [0.15, 0.2) is 0 Å². The zero-order valence-corrected chi connectivity index (χ0v) is 14.4. The first kappa shape index (κ1) is 16.1. The molecule has 3 amide bonds. The Hall–Kier alpha value is -2.43. The summed E-state index contributed by atoms with van der Waals surface area (Å²) in [5.41, 5.74) is 0.987. The second kappa shape index (κ2) is 5.83. The molecule has 0 spiro atoms. The van der Waals surface area contributed by atoms with Gasteiger partial charge in [0.05, 0.1) is 17.9 Å². The maximum atomic E-state index is 12.8. The van der Waals surface area contributed by atoms with Crippen molar-refractivity contribution < 1.29 is 14.4 Å². The van der Waals surface area contributed by atoms with Crippen molar-refractivity contribution in [1.29, 1.82) is 0 Å². The molecule has 0 radical (unpaired) electrons. The van der Waals surface area contributed by atoms with Crippen LogP contribution in [0.15, 0.2) is 42.5 Å². The van der Waals surface area contributed by atoms with Crippen molar-refractivity contribution in [2.45, 2.75) is 32.4 Å². The highest BCUT2D eigenvalue weighted by Gasteiger charge is 2.60. The maximum Gasteiger partial charge on any atom is 0.243 e. The molecule has 2 bridgehead atoms. The van der Waals surface area contributed by atoms with E-state index in [1.165, 1.54) is 4.90 Å². The normalized spacial score (nSPS) is 32.0. The number of hydrogen-bond acceptors (Lipinski definition) is 3. The molecule has 5 heteroatoms. The monoisotopic (exact) mass is 338 g/mol. The van der Waals surface area contributed by atoms with Crippen molar-refractivity contribution in [1.82, 2.24) is 10.2 Å². The number of carbonyl (C=O) groups excluding carboxylic acids is 3. The van der Waals surface area contributed by atoms with Crippen molar-refractivity contribution in [3.8, 4) is 0 Å². The van der Waals surface area contributed by atoms with Gasteiger partial charge < -0.3 is 5.32 Å². The highest BCUT2D eigenvalue weighted by Crippen LogP contribution is 2.52. The molecule has 1 heterocycles. The number of nitrogens with one attached hydrogen (secondary N) is 1. The van der Waals surface area contributed by atoms with Crippen molar-refractivity contribution in [2.75, 3.05) is 0 Å². The highest BCUT2D eigenvalue weighted by atomic mass is 16.2. The standard InChI is InChI=1S/C20H22N2O3/c1-11(13-6-4-3-5-7-13)21-18(23)12(2)22-19(24)16-14-8-9-15(10-14)17(16)20(22)25/h3-9,11-12,14-17H,10H2,1-2H3,(H,21,23)/t11-,12-,14-,15-,16+,17+/m0/s1. The van der Waals surface area contributed by atoms with Crippen LogP contribution in [0.2, 0.25) is 0 Å². The zero-order chi connectivity index (χ0) is 17.7. The van der Waals surface area contributed by atoms with Crippen molar-refractivity contribution in [3.63, 3.8) is 0 Å². The van der Waals surface area contributed by atoms with Crippen LogP contribution in [0.4, 0.5) is 0 Å². The van der Waals surface area contributed by atoms with Crippen LogP contribution in [0.1, 0.15) is 31.9 Å². The Labute approximate surface area is 147 Å². The van der Waals surface area contributed by atoms with E-state index >= 15 is 0 Å². The quantitative estimate of drug-likeness (QED) is 0.675. The van der Waals surface area contributed by atoms with Gasteiger partial charge in [-0.1, -0.05) is 42.5 Å². The Morgan fingerprint density at radius 1 is 1.04 bits per heavy atom. The number of nitrogens with zero attached hydrogens (tertiary/aromatic N) is 1. The number of allylic oxidation sites excluding steroid dienone is 2. The first-order chi connectivity index (χ1) is 12.0. The summed E-state index contributed by atoms with van der Waals surface area (Å²) >= 11 is 0. The summed E-state index contributed by atoms with van der Waals surface area (Å²) in [4.78, 5) is 39.4. The largest absolute Gasteiger partial charge is 0.348 e. The lowest BCUT2D eigenvalue weighted by Gasteiger charge is -2.25. The van der Waals surface area contributed by atoms with Gasteiger partial charge >= 0.3 is 0 Å². The summed E-state index contributed by atoms with van der Waals surface area (Å²) in [5, 5.41) is 2.92. The van der Waals surface area contributed by atoms with E-state index in [4.69, 9.17) is 0 Å². The number of benzene rings is 1. The molecule has 5 nitrogen and oxygen atoms in total. The smallest absolute Gasteiger partial charge is 0.243 e. The van der Waals surface area contributed by atoms with Gasteiger partial charge in [-0.3, -0.25) is 19.3 Å². The van der Waals surface area contributed by atoms with E-state index in [9.17, 15) is 14.4 Å². The minimum Gasteiger partial charge on any atom is -0.348 e. The van der Waals surface area contributed by atoms with Crippen LogP contribution < -0.4 is 5.32 Å². The number of amides is 3. The summed E-state index contributed by atoms with van der Waals surface area (Å²) in [6.45, 7) is 3.53. The predicted molar refractivity (Wildman–Crippen MR) is 92.0 cm³/mol. The molecule has 0 unspecified atom stereocenters. The van der Waals surface area contributed by atoms with Crippen molar-refractivity contribution in [3.05, 3.63) is 48.0 Å². The van der Waals surface area contributed by atoms with Gasteiger partial charge in [-0.15, -0.1) is 0 Å². The van der Waals surface area contributed by atoms with Gasteiger partial charge in [0.2, 0.25) is 17.7 Å². The number of likely N-dealkylation sites (tertiary alicyclic amines) is 1. The Balaban J connectivity index is 1.48. The second-order valence-corrected chi connectivity index (χ2v) is 7.36. The van der Waals surface area contributed by atoms with Crippen LogP contribution in [-0.4, -0.2) is 28.7 Å². The third-order valence-electron chi connectivity index (χ3n) is 5.93. The number of rotatable bonds is 4. The number of fused-ring (bicyclic) bond motifs is 5. The first-order valence-corrected chi connectivity index (χ1v) is 8.89. The first-order valence-electron chi connectivity index (χ1n) is 8.89. The van der Waals surface area contributed by atoms with Gasteiger partial charge in [0, 0.05) is 0 Å². The van der Waals surface area contributed by atoms with Crippen LogP contribution in [0.25, 0.3) is 0 Å². The third kappa shape index (κ3) is 2.41. The van der Waals surface area contributed by atoms with Crippen LogP contribution in [0.5, 0.6) is 0 Å². The summed E-state index contributed by atoms with van der Waals surface area (Å²) < 4.78 is 0. The van der Waals surface area contributed by atoms with Crippen LogP contribution in [0.3, 0.4) is 0 Å². The van der Waals surface area contributed by atoms with Gasteiger partial charge in [-0.25, -0.2) is 0 Å².